The Hall–Kier alpha value is -1.50. The van der Waals surface area contributed by atoms with Crippen molar-refractivity contribution in [3.8, 4) is 0 Å². The molecule has 2 unspecified atom stereocenters. The molecule has 0 aliphatic carbocycles. The quantitative estimate of drug-likeness (QED) is 0.773. The summed E-state index contributed by atoms with van der Waals surface area (Å²) >= 11 is 1.12. The Morgan fingerprint density at radius 3 is 2.84 bits per heavy atom. The zero-order chi connectivity index (χ0) is 14.0. The average Bonchev–Trinajstić information content (AvgIpc) is 3.03. The standard InChI is InChI=1S/C12H17N3O3S/c1-4-9-10(19-14-13-9)11(16)15-5-7(2)8(6-15)12(17)18-3/h7-8H,4-6H2,1-3H3. The predicted molar refractivity (Wildman–Crippen MR) is 69.9 cm³/mol. The second-order valence-corrected chi connectivity index (χ2v) is 5.47. The Bertz CT molecular complexity index is 488. The molecular formula is C12H17N3O3S. The number of hydrogen-bond donors (Lipinski definition) is 0. The van der Waals surface area contributed by atoms with Crippen molar-refractivity contribution in [3.05, 3.63) is 10.6 Å². The van der Waals surface area contributed by atoms with Crippen LogP contribution in [0.2, 0.25) is 0 Å². The summed E-state index contributed by atoms with van der Waals surface area (Å²) in [5.74, 6) is -0.451. The Morgan fingerprint density at radius 1 is 1.47 bits per heavy atom. The van der Waals surface area contributed by atoms with Crippen LogP contribution in [-0.2, 0) is 16.0 Å². The molecule has 2 heterocycles. The van der Waals surface area contributed by atoms with Crippen molar-refractivity contribution in [2.24, 2.45) is 11.8 Å². The number of carbonyl (C=O) groups is 2. The summed E-state index contributed by atoms with van der Waals surface area (Å²) in [7, 11) is 1.38. The Kier molecular flexibility index (Phi) is 4.14. The molecule has 1 fully saturated rings. The number of methoxy groups -OCH3 is 1. The maximum atomic E-state index is 12.4. The molecule has 104 valence electrons. The van der Waals surface area contributed by atoms with Crippen LogP contribution in [0.5, 0.6) is 0 Å². The molecule has 1 aliphatic rings. The topological polar surface area (TPSA) is 72.4 Å². The first-order valence-corrected chi connectivity index (χ1v) is 7.04. The third-order valence-electron chi connectivity index (χ3n) is 3.49. The van der Waals surface area contributed by atoms with Crippen molar-refractivity contribution < 1.29 is 14.3 Å². The van der Waals surface area contributed by atoms with Gasteiger partial charge in [-0.15, -0.1) is 5.10 Å². The molecule has 1 aliphatic heterocycles. The maximum Gasteiger partial charge on any atom is 0.310 e. The van der Waals surface area contributed by atoms with Gasteiger partial charge in [0, 0.05) is 13.1 Å². The molecule has 0 bridgehead atoms. The summed E-state index contributed by atoms with van der Waals surface area (Å²) in [6.07, 6.45) is 0.682. The van der Waals surface area contributed by atoms with Crippen LogP contribution in [-0.4, -0.2) is 46.6 Å². The van der Waals surface area contributed by atoms with Crippen LogP contribution in [0.25, 0.3) is 0 Å². The number of carbonyl (C=O) groups excluding carboxylic acids is 2. The van der Waals surface area contributed by atoms with Gasteiger partial charge in [0.2, 0.25) is 0 Å². The van der Waals surface area contributed by atoms with Crippen LogP contribution in [0.4, 0.5) is 0 Å². The van der Waals surface area contributed by atoms with E-state index in [1.807, 2.05) is 13.8 Å². The van der Waals surface area contributed by atoms with Crippen LogP contribution in [0, 0.1) is 11.8 Å². The average molecular weight is 283 g/mol. The fourth-order valence-electron chi connectivity index (χ4n) is 2.34. The highest BCUT2D eigenvalue weighted by atomic mass is 32.1. The number of aromatic nitrogens is 2. The largest absolute Gasteiger partial charge is 0.469 e. The lowest BCUT2D eigenvalue weighted by molar-refractivity contribution is -0.145. The third kappa shape index (κ3) is 2.60. The molecule has 2 atom stereocenters. The Balaban J connectivity index is 2.12. The summed E-state index contributed by atoms with van der Waals surface area (Å²) in [6.45, 7) is 4.88. The molecule has 1 aromatic heterocycles. The van der Waals surface area contributed by atoms with E-state index in [0.29, 0.717) is 24.4 Å². The Morgan fingerprint density at radius 2 is 2.21 bits per heavy atom. The van der Waals surface area contributed by atoms with E-state index in [-0.39, 0.29) is 23.7 Å². The molecule has 1 amide bonds. The van der Waals surface area contributed by atoms with Crippen molar-refractivity contribution in [1.29, 1.82) is 0 Å². The van der Waals surface area contributed by atoms with Crippen LogP contribution in [0.1, 0.15) is 29.2 Å². The first-order chi connectivity index (χ1) is 9.08. The molecule has 19 heavy (non-hydrogen) atoms. The zero-order valence-electron chi connectivity index (χ0n) is 11.3. The summed E-state index contributed by atoms with van der Waals surface area (Å²) in [5.41, 5.74) is 0.726. The lowest BCUT2D eigenvalue weighted by Crippen LogP contribution is -2.30. The number of nitrogens with zero attached hydrogens (tertiary/aromatic N) is 3. The number of esters is 1. The summed E-state index contributed by atoms with van der Waals surface area (Å²) in [4.78, 5) is 26.3. The van der Waals surface area contributed by atoms with Crippen molar-refractivity contribution in [2.75, 3.05) is 20.2 Å². The number of likely N-dealkylation sites (tertiary alicyclic amines) is 1. The van der Waals surface area contributed by atoms with Crippen LogP contribution >= 0.6 is 11.5 Å². The fourth-order valence-corrected chi connectivity index (χ4v) is 3.06. The first kappa shape index (κ1) is 13.9. The van der Waals surface area contributed by atoms with Gasteiger partial charge in [-0.3, -0.25) is 9.59 Å². The lowest BCUT2D eigenvalue weighted by Gasteiger charge is -2.14. The van der Waals surface area contributed by atoms with Crippen molar-refractivity contribution in [1.82, 2.24) is 14.5 Å². The highest BCUT2D eigenvalue weighted by Crippen LogP contribution is 2.26. The second kappa shape index (κ2) is 5.64. The summed E-state index contributed by atoms with van der Waals surface area (Å²) in [5, 5.41) is 3.95. The molecule has 0 N–H and O–H groups in total. The van der Waals surface area contributed by atoms with Gasteiger partial charge >= 0.3 is 5.97 Å². The fraction of sp³-hybridized carbons (Fsp3) is 0.667. The molecule has 2 rings (SSSR count). The van der Waals surface area contributed by atoms with Crippen molar-refractivity contribution in [3.63, 3.8) is 0 Å². The van der Waals surface area contributed by atoms with Gasteiger partial charge in [-0.2, -0.15) is 0 Å². The highest BCUT2D eigenvalue weighted by Gasteiger charge is 2.38. The number of amides is 1. The second-order valence-electron chi connectivity index (χ2n) is 4.72. The van der Waals surface area contributed by atoms with Crippen LogP contribution in [0.15, 0.2) is 0 Å². The molecule has 0 saturated carbocycles. The Labute approximate surface area is 115 Å². The van der Waals surface area contributed by atoms with E-state index >= 15 is 0 Å². The molecule has 0 spiro atoms. The predicted octanol–water partition coefficient (Wildman–Crippen LogP) is 0.982. The summed E-state index contributed by atoms with van der Waals surface area (Å²) < 4.78 is 8.60. The molecule has 6 nitrogen and oxygen atoms in total. The lowest BCUT2D eigenvalue weighted by atomic mass is 9.99. The molecule has 7 heteroatoms. The minimum absolute atomic E-state index is 0.0786. The van der Waals surface area contributed by atoms with Gasteiger partial charge in [0.15, 0.2) is 0 Å². The van der Waals surface area contributed by atoms with E-state index in [4.69, 9.17) is 4.74 Å². The van der Waals surface area contributed by atoms with Gasteiger partial charge in [-0.25, -0.2) is 0 Å². The van der Waals surface area contributed by atoms with Crippen LogP contribution in [0.3, 0.4) is 0 Å². The van der Waals surface area contributed by atoms with Gasteiger partial charge in [0.25, 0.3) is 5.91 Å². The van der Waals surface area contributed by atoms with Gasteiger partial charge in [-0.1, -0.05) is 18.3 Å². The normalized spacial score (nSPS) is 22.6. The molecule has 1 saturated heterocycles. The van der Waals surface area contributed by atoms with E-state index < -0.39 is 0 Å². The number of hydrogen-bond acceptors (Lipinski definition) is 6. The van der Waals surface area contributed by atoms with E-state index in [0.717, 1.165) is 17.2 Å². The molecular weight excluding hydrogens is 266 g/mol. The molecule has 1 aromatic rings. The molecule has 0 aromatic carbocycles. The number of aryl methyl sites for hydroxylation is 1. The minimum Gasteiger partial charge on any atom is -0.469 e. The van der Waals surface area contributed by atoms with Gasteiger partial charge in [-0.05, 0) is 23.9 Å². The first-order valence-electron chi connectivity index (χ1n) is 6.26. The van der Waals surface area contributed by atoms with Gasteiger partial charge in [0.05, 0.1) is 18.7 Å². The van der Waals surface area contributed by atoms with E-state index in [1.54, 1.807) is 4.90 Å². The van der Waals surface area contributed by atoms with E-state index in [2.05, 4.69) is 9.59 Å². The highest BCUT2D eigenvalue weighted by molar-refractivity contribution is 7.08. The SMILES string of the molecule is CCc1nnsc1C(=O)N1CC(C)C(C(=O)OC)C1. The van der Waals surface area contributed by atoms with Crippen molar-refractivity contribution in [2.45, 2.75) is 20.3 Å². The van der Waals surface area contributed by atoms with Gasteiger partial charge in [0.1, 0.15) is 4.88 Å². The van der Waals surface area contributed by atoms with E-state index in [1.165, 1.54) is 7.11 Å². The van der Waals surface area contributed by atoms with Crippen molar-refractivity contribution >= 4 is 23.4 Å². The number of ether oxygens (including phenoxy) is 1. The maximum absolute atomic E-state index is 12.4. The van der Waals surface area contributed by atoms with E-state index in [9.17, 15) is 9.59 Å². The summed E-state index contributed by atoms with van der Waals surface area (Å²) in [6, 6.07) is 0. The number of rotatable bonds is 3. The third-order valence-corrected chi connectivity index (χ3v) is 4.24. The van der Waals surface area contributed by atoms with Gasteiger partial charge < -0.3 is 9.64 Å². The smallest absolute Gasteiger partial charge is 0.310 e. The zero-order valence-corrected chi connectivity index (χ0v) is 12.1. The monoisotopic (exact) mass is 283 g/mol. The minimum atomic E-state index is -0.249. The van der Waals surface area contributed by atoms with Crippen LogP contribution < -0.4 is 0 Å². The molecule has 0 radical (unpaired) electrons.